The number of methoxy groups -OCH3 is 1. The van der Waals surface area contributed by atoms with E-state index in [0.717, 1.165) is 30.2 Å². The van der Waals surface area contributed by atoms with E-state index >= 15 is 4.39 Å². The van der Waals surface area contributed by atoms with Crippen LogP contribution in [0.2, 0.25) is 0 Å². The number of nitrogens with zero attached hydrogens (tertiary/aromatic N) is 3. The number of pyridine rings is 2. The quantitative estimate of drug-likeness (QED) is 0.630. The van der Waals surface area contributed by atoms with Gasteiger partial charge in [-0.1, -0.05) is 12.1 Å². The Morgan fingerprint density at radius 3 is 2.59 bits per heavy atom. The summed E-state index contributed by atoms with van der Waals surface area (Å²) < 4.78 is 22.0. The monoisotopic (exact) mass is 438 g/mol. The number of carboxylic acids is 1. The van der Waals surface area contributed by atoms with Gasteiger partial charge in [0.1, 0.15) is 17.0 Å². The Hall–Kier alpha value is -3.46. The molecule has 0 unspecified atom stereocenters. The zero-order valence-electron chi connectivity index (χ0n) is 17.5. The lowest BCUT2D eigenvalue weighted by Gasteiger charge is -2.20. The molecule has 0 spiro atoms. The molecular weight excluding hydrogens is 415 g/mol. The third-order valence-corrected chi connectivity index (χ3v) is 6.32. The Morgan fingerprint density at radius 2 is 1.97 bits per heavy atom. The Labute approximate surface area is 183 Å². The molecule has 8 nitrogen and oxygen atoms in total. The van der Waals surface area contributed by atoms with Gasteiger partial charge in [0, 0.05) is 37.3 Å². The number of halogens is 1. The van der Waals surface area contributed by atoms with Gasteiger partial charge in [0.25, 0.3) is 0 Å². The number of ether oxygens (including phenoxy) is 1. The number of hydrogen-bond donors (Lipinski definition) is 2. The molecule has 0 bridgehead atoms. The van der Waals surface area contributed by atoms with Crippen molar-refractivity contribution in [2.45, 2.75) is 30.8 Å². The second-order valence-electron chi connectivity index (χ2n) is 8.43. The predicted octanol–water partition coefficient (Wildman–Crippen LogP) is 2.51. The molecule has 1 aromatic carbocycles. The first-order chi connectivity index (χ1) is 15.4. The molecule has 1 aliphatic carbocycles. The second-order valence-corrected chi connectivity index (χ2v) is 8.43. The van der Waals surface area contributed by atoms with Crippen molar-refractivity contribution < 1.29 is 19.0 Å². The van der Waals surface area contributed by atoms with Crippen LogP contribution >= 0.6 is 0 Å². The van der Waals surface area contributed by atoms with E-state index in [9.17, 15) is 14.7 Å². The second kappa shape index (κ2) is 7.59. The van der Waals surface area contributed by atoms with E-state index in [-0.39, 0.29) is 34.8 Å². The summed E-state index contributed by atoms with van der Waals surface area (Å²) in [4.78, 5) is 30.5. The van der Waals surface area contributed by atoms with Crippen LogP contribution in [0.4, 0.5) is 10.2 Å². The van der Waals surface area contributed by atoms with Crippen LogP contribution in [0.5, 0.6) is 5.75 Å². The highest BCUT2D eigenvalue weighted by atomic mass is 19.1. The van der Waals surface area contributed by atoms with Crippen LogP contribution in [0.1, 0.15) is 40.7 Å². The highest BCUT2D eigenvalue weighted by Gasteiger charge is 2.34. The smallest absolute Gasteiger partial charge is 0.341 e. The minimum Gasteiger partial charge on any atom is -0.497 e. The van der Waals surface area contributed by atoms with E-state index in [2.05, 4.69) is 4.98 Å². The first-order valence-corrected chi connectivity index (χ1v) is 10.5. The van der Waals surface area contributed by atoms with Gasteiger partial charge in [-0.25, -0.2) is 14.2 Å². The minimum atomic E-state index is -1.33. The Morgan fingerprint density at radius 1 is 1.25 bits per heavy atom. The van der Waals surface area contributed by atoms with Crippen LogP contribution < -0.4 is 20.8 Å². The first-order valence-electron chi connectivity index (χ1n) is 10.5. The maximum atomic E-state index is 15.1. The molecule has 2 atom stereocenters. The van der Waals surface area contributed by atoms with Crippen molar-refractivity contribution in [3.8, 4) is 5.75 Å². The Bertz CT molecular complexity index is 1270. The molecule has 1 aliphatic heterocycles. The fourth-order valence-corrected chi connectivity index (χ4v) is 4.45. The number of nitrogens with two attached hydrogens (primary N) is 1. The van der Waals surface area contributed by atoms with Crippen LogP contribution in [0.3, 0.4) is 0 Å². The van der Waals surface area contributed by atoms with E-state index in [4.69, 9.17) is 10.5 Å². The van der Waals surface area contributed by atoms with Crippen LogP contribution in [0.25, 0.3) is 11.0 Å². The fourth-order valence-electron chi connectivity index (χ4n) is 4.45. The van der Waals surface area contributed by atoms with Gasteiger partial charge in [-0.05, 0) is 36.6 Å². The summed E-state index contributed by atoms with van der Waals surface area (Å²) in [6.45, 7) is 0.886. The molecule has 3 aromatic rings. The third kappa shape index (κ3) is 3.38. The van der Waals surface area contributed by atoms with Crippen molar-refractivity contribution in [1.29, 1.82) is 0 Å². The average molecular weight is 438 g/mol. The van der Waals surface area contributed by atoms with Gasteiger partial charge in [-0.2, -0.15) is 0 Å². The summed E-state index contributed by atoms with van der Waals surface area (Å²) in [6, 6.07) is 8.60. The zero-order chi connectivity index (χ0) is 22.6. The molecule has 3 heterocycles. The normalized spacial score (nSPS) is 20.7. The van der Waals surface area contributed by atoms with Crippen molar-refractivity contribution in [3.63, 3.8) is 0 Å². The molecule has 1 saturated heterocycles. The number of aromatic carboxylic acids is 1. The molecule has 32 heavy (non-hydrogen) atoms. The number of benzene rings is 1. The maximum Gasteiger partial charge on any atom is 0.341 e. The maximum absolute atomic E-state index is 15.1. The molecule has 2 aliphatic rings. The fraction of sp³-hybridized carbons (Fsp3) is 0.348. The summed E-state index contributed by atoms with van der Waals surface area (Å²) in [5, 5.41) is 9.37. The third-order valence-electron chi connectivity index (χ3n) is 6.32. The van der Waals surface area contributed by atoms with Gasteiger partial charge < -0.3 is 25.0 Å². The van der Waals surface area contributed by atoms with Crippen molar-refractivity contribution in [2.24, 2.45) is 5.73 Å². The summed E-state index contributed by atoms with van der Waals surface area (Å²) >= 11 is 0. The molecule has 5 rings (SSSR count). The van der Waals surface area contributed by atoms with Gasteiger partial charge >= 0.3 is 5.97 Å². The minimum absolute atomic E-state index is 0.0159. The number of hydrogen-bond acceptors (Lipinski definition) is 6. The highest BCUT2D eigenvalue weighted by molar-refractivity contribution is 5.92. The summed E-state index contributed by atoms with van der Waals surface area (Å²) in [5.74, 6) is -1.14. The number of carbonyl (C=O) groups is 1. The SMILES string of the molecule is COc1ccc([C@@H]2CN(c3nc4c(cc3F)c(=O)c(C(=O)O)cn4C3CC3)C[C@H]2N)cc1. The number of fused-ring (bicyclic) bond motifs is 1. The van der Waals surface area contributed by atoms with Gasteiger partial charge in [0.05, 0.1) is 12.5 Å². The molecule has 0 amide bonds. The number of anilines is 1. The Balaban J connectivity index is 1.55. The molecular formula is C23H23FN4O4. The van der Waals surface area contributed by atoms with E-state index in [0.29, 0.717) is 18.7 Å². The van der Waals surface area contributed by atoms with Crippen LogP contribution in [-0.2, 0) is 0 Å². The van der Waals surface area contributed by atoms with E-state index in [1.54, 1.807) is 16.6 Å². The summed E-state index contributed by atoms with van der Waals surface area (Å²) in [7, 11) is 1.60. The molecule has 1 saturated carbocycles. The van der Waals surface area contributed by atoms with E-state index in [1.165, 1.54) is 6.20 Å². The number of carboxylic acid groups (broad SMARTS) is 1. The average Bonchev–Trinajstić information content (AvgIpc) is 3.55. The lowest BCUT2D eigenvalue weighted by Crippen LogP contribution is -2.29. The number of aromatic nitrogens is 2. The van der Waals surface area contributed by atoms with E-state index in [1.807, 2.05) is 24.3 Å². The van der Waals surface area contributed by atoms with Crippen molar-refractivity contribution >= 4 is 22.8 Å². The van der Waals surface area contributed by atoms with Gasteiger partial charge in [0.2, 0.25) is 5.43 Å². The van der Waals surface area contributed by atoms with Gasteiger partial charge in [-0.3, -0.25) is 4.79 Å². The standard InChI is InChI=1S/C23H23FN4O4/c1-32-14-6-2-12(3-7-14)16-9-27(11-19(16)25)22-18(24)8-15-20(29)17(23(30)31)10-28(13-4-5-13)21(15)26-22/h2-3,6-8,10,13,16,19H,4-5,9,11,25H2,1H3,(H,30,31)/t16-,19+/m0/s1. The van der Waals surface area contributed by atoms with Crippen LogP contribution in [0, 0.1) is 5.82 Å². The van der Waals surface area contributed by atoms with Crippen LogP contribution in [0.15, 0.2) is 41.3 Å². The molecule has 166 valence electrons. The highest BCUT2D eigenvalue weighted by Crippen LogP contribution is 2.38. The van der Waals surface area contributed by atoms with Crippen LogP contribution in [-0.4, -0.2) is 46.9 Å². The van der Waals surface area contributed by atoms with Crippen molar-refractivity contribution in [2.75, 3.05) is 25.1 Å². The molecule has 2 fully saturated rings. The Kier molecular flexibility index (Phi) is 4.85. The molecule has 9 heteroatoms. The first kappa shape index (κ1) is 20.4. The molecule has 0 radical (unpaired) electrons. The van der Waals surface area contributed by atoms with E-state index < -0.39 is 17.2 Å². The lowest BCUT2D eigenvalue weighted by molar-refractivity contribution is 0.0695. The van der Waals surface area contributed by atoms with Gasteiger partial charge in [-0.15, -0.1) is 0 Å². The van der Waals surface area contributed by atoms with Crippen molar-refractivity contribution in [1.82, 2.24) is 9.55 Å². The molecule has 2 aromatic heterocycles. The predicted molar refractivity (Wildman–Crippen MR) is 117 cm³/mol. The zero-order valence-corrected chi connectivity index (χ0v) is 17.5. The summed E-state index contributed by atoms with van der Waals surface area (Å²) in [6.07, 6.45) is 3.05. The molecule has 3 N–H and O–H groups in total. The lowest BCUT2D eigenvalue weighted by atomic mass is 9.95. The topological polar surface area (TPSA) is 111 Å². The number of rotatable bonds is 5. The van der Waals surface area contributed by atoms with Crippen molar-refractivity contribution in [3.05, 3.63) is 63.7 Å². The van der Waals surface area contributed by atoms with Gasteiger partial charge in [0.15, 0.2) is 11.6 Å². The largest absolute Gasteiger partial charge is 0.497 e. The summed E-state index contributed by atoms with van der Waals surface area (Å²) in [5.41, 5.74) is 6.63.